The molecular formula is C40H42N9O5+. The highest BCUT2D eigenvalue weighted by Gasteiger charge is 2.47. The Labute approximate surface area is 312 Å². The number of aryl methyl sites for hydroxylation is 1. The van der Waals surface area contributed by atoms with Crippen LogP contribution >= 0.6 is 0 Å². The van der Waals surface area contributed by atoms with E-state index in [4.69, 9.17) is 9.72 Å². The molecule has 54 heavy (non-hydrogen) atoms. The fourth-order valence-electron chi connectivity index (χ4n) is 8.51. The van der Waals surface area contributed by atoms with Gasteiger partial charge in [0.2, 0.25) is 11.8 Å². The largest absolute Gasteiger partial charge is 0.507 e. The molecule has 5 aliphatic heterocycles. The molecule has 14 heteroatoms. The number of phenolic OH excluding ortho intramolecular Hbond substituents is 1. The molecular weight excluding hydrogens is 686 g/mol. The lowest BCUT2D eigenvalue weighted by Crippen LogP contribution is -2.50. The van der Waals surface area contributed by atoms with Crippen molar-refractivity contribution in [2.75, 3.05) is 54.4 Å². The van der Waals surface area contributed by atoms with Gasteiger partial charge in [-0.25, -0.2) is 9.78 Å². The zero-order valence-corrected chi connectivity index (χ0v) is 30.3. The maximum Gasteiger partial charge on any atom is 0.420 e. The van der Waals surface area contributed by atoms with Crippen LogP contribution in [-0.4, -0.2) is 104 Å². The number of nitrogens with zero attached hydrogens (tertiary/aromatic N) is 7. The molecule has 2 atom stereocenters. The predicted molar refractivity (Wildman–Crippen MR) is 201 cm³/mol. The molecule has 0 unspecified atom stereocenters. The van der Waals surface area contributed by atoms with Crippen molar-refractivity contribution in [2.45, 2.75) is 57.8 Å². The number of rotatable bonds is 6. The third kappa shape index (κ3) is 6.09. The summed E-state index contributed by atoms with van der Waals surface area (Å²) < 4.78 is 8.09. The quantitative estimate of drug-likeness (QED) is 0.197. The molecule has 3 saturated heterocycles. The number of amides is 3. The Morgan fingerprint density at radius 3 is 2.63 bits per heavy atom. The molecule has 4 aromatic rings. The van der Waals surface area contributed by atoms with Crippen molar-refractivity contribution in [1.29, 1.82) is 0 Å². The second kappa shape index (κ2) is 13.2. The minimum Gasteiger partial charge on any atom is -0.507 e. The van der Waals surface area contributed by atoms with E-state index in [1.54, 1.807) is 12.1 Å². The van der Waals surface area contributed by atoms with Crippen molar-refractivity contribution >= 4 is 40.6 Å². The summed E-state index contributed by atoms with van der Waals surface area (Å²) in [4.78, 5) is 49.2. The van der Waals surface area contributed by atoms with Gasteiger partial charge in [-0.05, 0) is 61.9 Å². The summed E-state index contributed by atoms with van der Waals surface area (Å²) in [7, 11) is 0. The lowest BCUT2D eigenvalue weighted by atomic mass is 9.95. The molecule has 0 spiro atoms. The van der Waals surface area contributed by atoms with Gasteiger partial charge in [0.25, 0.3) is 5.71 Å². The molecule has 276 valence electrons. The van der Waals surface area contributed by atoms with Gasteiger partial charge in [0, 0.05) is 87.1 Å². The Morgan fingerprint density at radius 2 is 1.83 bits per heavy atom. The van der Waals surface area contributed by atoms with Gasteiger partial charge >= 0.3 is 11.8 Å². The van der Waals surface area contributed by atoms with E-state index in [0.29, 0.717) is 41.5 Å². The topological polar surface area (TPSA) is 156 Å². The summed E-state index contributed by atoms with van der Waals surface area (Å²) >= 11 is 0. The van der Waals surface area contributed by atoms with Gasteiger partial charge < -0.3 is 25.0 Å². The number of nitrogens with one attached hydrogen (secondary N) is 2. The van der Waals surface area contributed by atoms with Crippen molar-refractivity contribution in [1.82, 2.24) is 25.4 Å². The summed E-state index contributed by atoms with van der Waals surface area (Å²) in [5, 5.41) is 25.1. The van der Waals surface area contributed by atoms with Crippen molar-refractivity contribution < 1.29 is 28.8 Å². The van der Waals surface area contributed by atoms with E-state index in [1.165, 1.54) is 4.58 Å². The van der Waals surface area contributed by atoms with E-state index in [9.17, 15) is 19.5 Å². The predicted octanol–water partition coefficient (Wildman–Crippen LogP) is 3.26. The Hall–Kier alpha value is -5.89. The van der Waals surface area contributed by atoms with Gasteiger partial charge in [0.15, 0.2) is 12.4 Å². The molecule has 3 N–H and O–H groups in total. The highest BCUT2D eigenvalue weighted by molar-refractivity contribution is 6.42. The van der Waals surface area contributed by atoms with E-state index in [1.807, 2.05) is 43.5 Å². The third-order valence-corrected chi connectivity index (χ3v) is 11.4. The number of aromatic nitrogens is 3. The Morgan fingerprint density at radius 1 is 1.00 bits per heavy atom. The maximum atomic E-state index is 13.3. The number of ether oxygens (including phenoxy) is 1. The number of piperidine rings is 1. The number of pyridine rings is 1. The zero-order valence-electron chi connectivity index (χ0n) is 30.3. The van der Waals surface area contributed by atoms with Crippen LogP contribution in [0.5, 0.6) is 11.6 Å². The average Bonchev–Trinajstić information content (AvgIpc) is 3.68. The Bertz CT molecular complexity index is 2250. The zero-order chi connectivity index (χ0) is 37.1. The summed E-state index contributed by atoms with van der Waals surface area (Å²) in [6, 6.07) is 17.3. The number of para-hydroxylation sites is 1. The summed E-state index contributed by atoms with van der Waals surface area (Å²) in [6.07, 6.45) is 3.15. The minimum atomic E-state index is -0.475. The second-order valence-corrected chi connectivity index (χ2v) is 15.2. The summed E-state index contributed by atoms with van der Waals surface area (Å²) in [5.74, 6) is 0.581. The number of aromatic hydroxyl groups is 1. The molecule has 2 aromatic heterocycles. The lowest BCUT2D eigenvalue weighted by molar-refractivity contribution is -0.438. The van der Waals surface area contributed by atoms with E-state index < -0.39 is 5.91 Å². The molecule has 0 bridgehead atoms. The first kappa shape index (κ1) is 33.9. The Kier molecular flexibility index (Phi) is 8.29. The van der Waals surface area contributed by atoms with Gasteiger partial charge in [0.05, 0.1) is 23.5 Å². The fourth-order valence-corrected chi connectivity index (χ4v) is 8.51. The van der Waals surface area contributed by atoms with Crippen LogP contribution in [0.2, 0.25) is 0 Å². The van der Waals surface area contributed by atoms with Gasteiger partial charge in [-0.2, -0.15) is 4.58 Å². The maximum absolute atomic E-state index is 13.3. The Balaban J connectivity index is 0.816. The number of piperazine rings is 1. The third-order valence-electron chi connectivity index (χ3n) is 11.4. The molecule has 3 amide bonds. The highest BCUT2D eigenvalue weighted by Crippen LogP contribution is 2.43. The molecule has 9 rings (SSSR count). The van der Waals surface area contributed by atoms with Crippen molar-refractivity contribution in [3.05, 3.63) is 83.0 Å². The molecule has 14 nitrogen and oxygen atoms in total. The number of phenols is 1. The first-order valence-electron chi connectivity index (χ1n) is 18.5. The van der Waals surface area contributed by atoms with Crippen LogP contribution in [0.15, 0.2) is 60.8 Å². The molecule has 2 aromatic carbocycles. The van der Waals surface area contributed by atoms with Crippen LogP contribution < -0.4 is 25.2 Å². The van der Waals surface area contributed by atoms with Crippen LogP contribution in [0, 0.1) is 6.92 Å². The second-order valence-electron chi connectivity index (χ2n) is 15.2. The number of imide groups is 1. The number of carbonyl (C=O) groups excluding carboxylic acids is 3. The van der Waals surface area contributed by atoms with Crippen molar-refractivity contribution in [3.8, 4) is 22.9 Å². The van der Waals surface area contributed by atoms with Gasteiger partial charge in [-0.15, -0.1) is 10.2 Å². The molecule has 0 saturated carbocycles. The smallest absolute Gasteiger partial charge is 0.420 e. The fraction of sp³-hybridized carbons (Fsp3) is 0.375. The van der Waals surface area contributed by atoms with Crippen LogP contribution in [-0.2, 0) is 22.7 Å². The van der Waals surface area contributed by atoms with Crippen LogP contribution in [0.4, 0.5) is 17.2 Å². The van der Waals surface area contributed by atoms with Gasteiger partial charge in [0.1, 0.15) is 17.4 Å². The summed E-state index contributed by atoms with van der Waals surface area (Å²) in [5.41, 5.74) is 7.03. The molecule has 0 aliphatic carbocycles. The van der Waals surface area contributed by atoms with Gasteiger partial charge in [-0.1, -0.05) is 12.1 Å². The molecule has 0 radical (unpaired) electrons. The van der Waals surface area contributed by atoms with E-state index in [0.717, 1.165) is 79.6 Å². The normalized spacial score (nSPS) is 23.8. The first-order chi connectivity index (χ1) is 26.1. The van der Waals surface area contributed by atoms with E-state index >= 15 is 0 Å². The monoisotopic (exact) mass is 728 g/mol. The van der Waals surface area contributed by atoms with Crippen molar-refractivity contribution in [2.24, 2.45) is 0 Å². The number of fused-ring (bicyclic) bond motifs is 4. The molecule has 7 heterocycles. The molecule has 5 aliphatic rings. The SMILES string of the molecule is Cc1cc(CN2CCN(c3ccc4c(c3)C(=O)[N+](=C3CCC(=O)NC3=O)C4)CC2)cnc1O[C@H]1CN2c3cc(-c4ccccc4O)nnc3NC[C@]2(C)C1. The van der Waals surface area contributed by atoms with Crippen LogP contribution in [0.25, 0.3) is 11.3 Å². The number of anilines is 3. The number of hydrogen-bond acceptors (Lipinski definition) is 12. The van der Waals surface area contributed by atoms with Gasteiger partial charge in [-0.3, -0.25) is 19.8 Å². The standard InChI is InChI=1S/C40H41N9O5/c1-24-15-25(20-46-11-13-47(14-12-46)27-8-7-26-21-48(39(53)30(26)16-27)32-9-10-35(51)43-37(32)52)19-41-38(24)54-28-18-40(2)23-42-36-33(49(40)22-28)17-31(44-45-36)29-5-3-4-6-34(29)50/h3-8,15-17,19,28H,9-14,18,20-23H2,1-2H3,(H2,43,51,52)/p+1/t28-,40+/m1/s1. The minimum absolute atomic E-state index is 0.0663. The van der Waals surface area contributed by atoms with E-state index in [-0.39, 0.29) is 42.0 Å². The lowest BCUT2D eigenvalue weighted by Gasteiger charge is -2.41. The number of benzene rings is 2. The average molecular weight is 729 g/mol. The van der Waals surface area contributed by atoms with E-state index in [2.05, 4.69) is 54.6 Å². The highest BCUT2D eigenvalue weighted by atomic mass is 16.5. The summed E-state index contributed by atoms with van der Waals surface area (Å²) in [6.45, 7) is 10.2. The molecule has 3 fully saturated rings. The number of carbonyl (C=O) groups is 3. The van der Waals surface area contributed by atoms with Crippen LogP contribution in [0.3, 0.4) is 0 Å². The first-order valence-corrected chi connectivity index (χ1v) is 18.5. The van der Waals surface area contributed by atoms with Crippen LogP contribution in [0.1, 0.15) is 53.2 Å². The van der Waals surface area contributed by atoms with Crippen molar-refractivity contribution in [3.63, 3.8) is 0 Å². The number of hydrogen-bond donors (Lipinski definition) is 3.